The molecule has 0 bridgehead atoms. The number of methoxy groups -OCH3 is 1. The standard InChI is InChI=1S/C19H33N3O3S.HI/c1-7-20-18(22-12-13-26(23,24)19(3,4)5)21-11-10-16-14-15(2)8-9-17(16)25-6;/h8-9,14H,7,10-13H2,1-6H3,(H2,20,21,22);1H. The molecule has 0 radical (unpaired) electrons. The van der Waals surface area contributed by atoms with Gasteiger partial charge in [-0.05, 0) is 52.7 Å². The van der Waals surface area contributed by atoms with E-state index in [2.05, 4.69) is 28.6 Å². The number of hydrogen-bond donors (Lipinski definition) is 2. The minimum Gasteiger partial charge on any atom is -0.496 e. The van der Waals surface area contributed by atoms with Gasteiger partial charge in [-0.1, -0.05) is 17.7 Å². The van der Waals surface area contributed by atoms with E-state index in [-0.39, 0.29) is 36.3 Å². The molecule has 27 heavy (non-hydrogen) atoms. The van der Waals surface area contributed by atoms with Crippen molar-refractivity contribution >= 4 is 39.8 Å². The van der Waals surface area contributed by atoms with Gasteiger partial charge >= 0.3 is 0 Å². The van der Waals surface area contributed by atoms with Gasteiger partial charge < -0.3 is 15.4 Å². The molecule has 6 nitrogen and oxygen atoms in total. The molecule has 0 atom stereocenters. The summed E-state index contributed by atoms with van der Waals surface area (Å²) in [5.74, 6) is 1.54. The smallest absolute Gasteiger partial charge is 0.191 e. The Morgan fingerprint density at radius 2 is 1.89 bits per heavy atom. The minimum absolute atomic E-state index is 0. The van der Waals surface area contributed by atoms with Crippen LogP contribution in [0.1, 0.15) is 38.8 Å². The molecular formula is C19H34IN3O3S. The number of sulfone groups is 1. The lowest BCUT2D eigenvalue weighted by Gasteiger charge is -2.18. The summed E-state index contributed by atoms with van der Waals surface area (Å²) in [5, 5.41) is 6.40. The maximum Gasteiger partial charge on any atom is 0.191 e. The van der Waals surface area contributed by atoms with Gasteiger partial charge in [0.1, 0.15) is 5.75 Å². The van der Waals surface area contributed by atoms with E-state index in [9.17, 15) is 8.42 Å². The largest absolute Gasteiger partial charge is 0.496 e. The van der Waals surface area contributed by atoms with Crippen LogP contribution in [0, 0.1) is 6.92 Å². The first-order valence-corrected chi connectivity index (χ1v) is 10.6. The summed E-state index contributed by atoms with van der Waals surface area (Å²) in [7, 11) is -1.50. The number of halogens is 1. The van der Waals surface area contributed by atoms with Crippen LogP contribution in [0.5, 0.6) is 5.75 Å². The van der Waals surface area contributed by atoms with E-state index >= 15 is 0 Å². The molecule has 1 rings (SSSR count). The molecule has 0 fully saturated rings. The average Bonchev–Trinajstić information content (AvgIpc) is 2.54. The molecule has 156 valence electrons. The molecule has 0 aromatic heterocycles. The summed E-state index contributed by atoms with van der Waals surface area (Å²) in [4.78, 5) is 4.39. The zero-order valence-corrected chi connectivity index (χ0v) is 20.4. The third-order valence-corrected chi connectivity index (χ3v) is 6.62. The molecule has 0 spiro atoms. The molecule has 1 aromatic carbocycles. The Bertz CT molecular complexity index is 713. The molecule has 0 unspecified atom stereocenters. The summed E-state index contributed by atoms with van der Waals surface area (Å²) < 4.78 is 29.0. The maximum atomic E-state index is 12.2. The predicted octanol–water partition coefficient (Wildman–Crippen LogP) is 2.93. The summed E-state index contributed by atoms with van der Waals surface area (Å²) in [6.07, 6.45) is 0.787. The Balaban J connectivity index is 0.00000676. The highest BCUT2D eigenvalue weighted by molar-refractivity contribution is 14.0. The van der Waals surface area contributed by atoms with Crippen molar-refractivity contribution in [2.75, 3.05) is 32.5 Å². The van der Waals surface area contributed by atoms with Gasteiger partial charge in [-0.3, -0.25) is 4.99 Å². The Morgan fingerprint density at radius 1 is 1.22 bits per heavy atom. The van der Waals surface area contributed by atoms with Crippen molar-refractivity contribution in [3.63, 3.8) is 0 Å². The van der Waals surface area contributed by atoms with E-state index < -0.39 is 14.6 Å². The Labute approximate surface area is 181 Å². The van der Waals surface area contributed by atoms with E-state index in [0.717, 1.165) is 17.7 Å². The predicted molar refractivity (Wildman–Crippen MR) is 124 cm³/mol. The number of rotatable bonds is 8. The first-order chi connectivity index (χ1) is 12.1. The lowest BCUT2D eigenvalue weighted by atomic mass is 10.1. The van der Waals surface area contributed by atoms with Crippen LogP contribution in [-0.2, 0) is 16.3 Å². The molecule has 0 saturated carbocycles. The highest BCUT2D eigenvalue weighted by Crippen LogP contribution is 2.19. The van der Waals surface area contributed by atoms with Gasteiger partial charge in [-0.25, -0.2) is 8.42 Å². The normalized spacial score (nSPS) is 12.3. The molecule has 1 aromatic rings. The summed E-state index contributed by atoms with van der Waals surface area (Å²) >= 11 is 0. The second-order valence-electron chi connectivity index (χ2n) is 7.18. The minimum atomic E-state index is -3.16. The third-order valence-electron chi connectivity index (χ3n) is 4.03. The van der Waals surface area contributed by atoms with Crippen molar-refractivity contribution < 1.29 is 13.2 Å². The van der Waals surface area contributed by atoms with Crippen LogP contribution < -0.4 is 15.4 Å². The van der Waals surface area contributed by atoms with Crippen LogP contribution in [0.15, 0.2) is 23.2 Å². The number of aliphatic imine (C=N–C) groups is 1. The first kappa shape index (κ1) is 26.0. The van der Waals surface area contributed by atoms with Crippen LogP contribution in [0.2, 0.25) is 0 Å². The van der Waals surface area contributed by atoms with Gasteiger partial charge in [0.05, 0.1) is 24.2 Å². The second-order valence-corrected chi connectivity index (χ2v) is 10.0. The molecule has 0 saturated heterocycles. The molecule has 0 heterocycles. The number of nitrogens with zero attached hydrogens (tertiary/aromatic N) is 1. The van der Waals surface area contributed by atoms with E-state index in [1.165, 1.54) is 5.56 Å². The molecular weight excluding hydrogens is 477 g/mol. The number of benzene rings is 1. The van der Waals surface area contributed by atoms with Crippen molar-refractivity contribution in [3.05, 3.63) is 29.3 Å². The van der Waals surface area contributed by atoms with Crippen LogP contribution in [0.3, 0.4) is 0 Å². The SMILES string of the molecule is CCNC(=NCCS(=O)(=O)C(C)(C)C)NCCc1cc(C)ccc1OC.I. The average molecular weight is 511 g/mol. The molecule has 0 aliphatic heterocycles. The van der Waals surface area contributed by atoms with Crippen LogP contribution in [0.4, 0.5) is 0 Å². The number of guanidine groups is 1. The third kappa shape index (κ3) is 8.68. The van der Waals surface area contributed by atoms with Gasteiger partial charge in [-0.2, -0.15) is 0 Å². The zero-order chi connectivity index (χ0) is 19.8. The summed E-state index contributed by atoms with van der Waals surface area (Å²) in [5.41, 5.74) is 2.32. The second kappa shape index (κ2) is 11.7. The number of ether oxygens (including phenoxy) is 1. The van der Waals surface area contributed by atoms with Crippen LogP contribution in [-0.4, -0.2) is 51.6 Å². The van der Waals surface area contributed by atoms with Crippen molar-refractivity contribution in [1.82, 2.24) is 10.6 Å². The molecule has 0 aliphatic carbocycles. The van der Waals surface area contributed by atoms with E-state index in [1.807, 2.05) is 19.1 Å². The van der Waals surface area contributed by atoms with Gasteiger partial charge in [0, 0.05) is 13.1 Å². The highest BCUT2D eigenvalue weighted by atomic mass is 127. The number of nitrogens with one attached hydrogen (secondary N) is 2. The van der Waals surface area contributed by atoms with Gasteiger partial charge in [-0.15, -0.1) is 24.0 Å². The van der Waals surface area contributed by atoms with E-state index in [0.29, 0.717) is 19.0 Å². The maximum absolute atomic E-state index is 12.2. The number of aryl methyl sites for hydroxylation is 1. The summed E-state index contributed by atoms with van der Waals surface area (Å²) in [6, 6.07) is 6.11. The van der Waals surface area contributed by atoms with Gasteiger partial charge in [0.15, 0.2) is 15.8 Å². The molecule has 0 aliphatic rings. The Kier molecular flexibility index (Phi) is 11.3. The zero-order valence-electron chi connectivity index (χ0n) is 17.3. The van der Waals surface area contributed by atoms with Crippen molar-refractivity contribution in [3.8, 4) is 5.75 Å². The number of hydrogen-bond acceptors (Lipinski definition) is 4. The van der Waals surface area contributed by atoms with Crippen molar-refractivity contribution in [1.29, 1.82) is 0 Å². The molecule has 2 N–H and O–H groups in total. The lowest BCUT2D eigenvalue weighted by Crippen LogP contribution is -2.39. The lowest BCUT2D eigenvalue weighted by molar-refractivity contribution is 0.409. The fourth-order valence-corrected chi connectivity index (χ4v) is 3.29. The summed E-state index contributed by atoms with van der Waals surface area (Å²) in [6.45, 7) is 10.8. The fourth-order valence-electron chi connectivity index (χ4n) is 2.34. The molecule has 0 amide bonds. The van der Waals surface area contributed by atoms with Crippen LogP contribution in [0.25, 0.3) is 0 Å². The highest BCUT2D eigenvalue weighted by Gasteiger charge is 2.28. The van der Waals surface area contributed by atoms with Crippen molar-refractivity contribution in [2.45, 2.75) is 45.8 Å². The van der Waals surface area contributed by atoms with E-state index in [1.54, 1.807) is 27.9 Å². The van der Waals surface area contributed by atoms with Gasteiger partial charge in [0.2, 0.25) is 0 Å². The van der Waals surface area contributed by atoms with E-state index in [4.69, 9.17) is 4.74 Å². The monoisotopic (exact) mass is 511 g/mol. The Hall–Kier alpha value is -1.03. The van der Waals surface area contributed by atoms with Crippen LogP contribution >= 0.6 is 24.0 Å². The Morgan fingerprint density at radius 3 is 2.44 bits per heavy atom. The first-order valence-electron chi connectivity index (χ1n) is 8.98. The quantitative estimate of drug-likeness (QED) is 0.319. The topological polar surface area (TPSA) is 79.8 Å². The molecule has 8 heteroatoms. The van der Waals surface area contributed by atoms with Crippen molar-refractivity contribution in [2.24, 2.45) is 4.99 Å². The fraction of sp³-hybridized carbons (Fsp3) is 0.632. The van der Waals surface area contributed by atoms with Gasteiger partial charge in [0.25, 0.3) is 0 Å².